The lowest BCUT2D eigenvalue weighted by molar-refractivity contribution is 0.386. The number of hydrogen-bond donors (Lipinski definition) is 1. The second-order valence-corrected chi connectivity index (χ2v) is 4.40. The van der Waals surface area contributed by atoms with E-state index in [2.05, 4.69) is 11.9 Å². The van der Waals surface area contributed by atoms with Crippen LogP contribution in [-0.2, 0) is 0 Å². The van der Waals surface area contributed by atoms with Crippen molar-refractivity contribution in [3.05, 3.63) is 47.5 Å². The van der Waals surface area contributed by atoms with Gasteiger partial charge in [0, 0.05) is 7.11 Å². The van der Waals surface area contributed by atoms with Gasteiger partial charge in [-0.05, 0) is 29.4 Å². The topological polar surface area (TPSA) is 29.5 Å². The highest BCUT2D eigenvalue weighted by Crippen LogP contribution is 2.28. The molecule has 1 aliphatic heterocycles. The Balaban J connectivity index is 0.000000686. The first-order chi connectivity index (χ1) is 8.31. The molecule has 2 nitrogen and oxygen atoms in total. The molecule has 1 heterocycles. The average Bonchev–Trinajstić information content (AvgIpc) is 2.42. The second kappa shape index (κ2) is 7.21. The maximum absolute atomic E-state index is 13.4. The molecule has 17 heavy (non-hydrogen) atoms. The van der Waals surface area contributed by atoms with Gasteiger partial charge in [-0.25, -0.2) is 4.39 Å². The van der Waals surface area contributed by atoms with Crippen molar-refractivity contribution in [3.63, 3.8) is 0 Å². The van der Waals surface area contributed by atoms with Crippen molar-refractivity contribution in [2.75, 3.05) is 20.4 Å². The molecule has 1 aromatic rings. The van der Waals surface area contributed by atoms with Crippen LogP contribution in [0, 0.1) is 5.82 Å². The number of halogens is 1. The monoisotopic (exact) mass is 254 g/mol. The molecule has 92 valence electrons. The average molecular weight is 254 g/mol. The molecule has 0 aromatic heterocycles. The number of benzene rings is 1. The number of aliphatic hydroxyl groups is 1. The molecule has 0 amide bonds. The van der Waals surface area contributed by atoms with Crippen LogP contribution in [0.2, 0.25) is 0 Å². The summed E-state index contributed by atoms with van der Waals surface area (Å²) in [6.45, 7) is 0. The molecule has 1 atom stereocenters. The molecule has 0 saturated heterocycles. The van der Waals surface area contributed by atoms with E-state index in [1.165, 1.54) is 13.2 Å². The lowest BCUT2D eigenvalue weighted by Gasteiger charge is -2.08. The first kappa shape index (κ1) is 13.9. The standard InChI is InChI=1S/C12H12FOP.CH4O/c1-14-12-3-2-10(8-11(12)13)9-4-6-15-7-5-9;1-2/h2-6,8,15H,7H2,1H3;2H,1H3. The molecule has 0 aliphatic carbocycles. The molecule has 1 unspecified atom stereocenters. The summed E-state index contributed by atoms with van der Waals surface area (Å²) in [4.78, 5) is 0. The van der Waals surface area contributed by atoms with Crippen molar-refractivity contribution in [1.82, 2.24) is 0 Å². The van der Waals surface area contributed by atoms with Crippen molar-refractivity contribution in [2.24, 2.45) is 0 Å². The van der Waals surface area contributed by atoms with Crippen LogP contribution >= 0.6 is 8.58 Å². The Bertz CT molecular complexity index is 427. The highest BCUT2D eigenvalue weighted by Gasteiger charge is 2.06. The van der Waals surface area contributed by atoms with Gasteiger partial charge >= 0.3 is 0 Å². The lowest BCUT2D eigenvalue weighted by atomic mass is 10.1. The zero-order valence-corrected chi connectivity index (χ0v) is 10.9. The SMILES string of the molecule is CO.COc1ccc(C2=CCPC=C2)cc1F. The van der Waals surface area contributed by atoms with E-state index in [0.29, 0.717) is 5.75 Å². The highest BCUT2D eigenvalue weighted by atomic mass is 31.1. The van der Waals surface area contributed by atoms with E-state index in [9.17, 15) is 4.39 Å². The van der Waals surface area contributed by atoms with Gasteiger partial charge in [0.2, 0.25) is 0 Å². The number of methoxy groups -OCH3 is 1. The van der Waals surface area contributed by atoms with Crippen LogP contribution in [0.3, 0.4) is 0 Å². The van der Waals surface area contributed by atoms with Gasteiger partial charge in [0.05, 0.1) is 7.11 Å². The van der Waals surface area contributed by atoms with Gasteiger partial charge in [-0.15, -0.1) is 0 Å². The second-order valence-electron chi connectivity index (χ2n) is 3.25. The molecule has 1 N–H and O–H groups in total. The third-order valence-corrected chi connectivity index (χ3v) is 3.15. The van der Waals surface area contributed by atoms with Crippen molar-refractivity contribution in [3.8, 4) is 5.75 Å². The Kier molecular flexibility index (Phi) is 5.88. The van der Waals surface area contributed by atoms with Crippen LogP contribution in [0.1, 0.15) is 5.56 Å². The van der Waals surface area contributed by atoms with Crippen molar-refractivity contribution >= 4 is 14.2 Å². The molecule has 0 radical (unpaired) electrons. The van der Waals surface area contributed by atoms with E-state index in [1.54, 1.807) is 6.07 Å². The Labute approximate surface area is 103 Å². The smallest absolute Gasteiger partial charge is 0.165 e. The Hall–Kier alpha value is -1.18. The molecule has 1 aromatic carbocycles. The van der Waals surface area contributed by atoms with E-state index >= 15 is 0 Å². The Morgan fingerprint density at radius 2 is 2.12 bits per heavy atom. The van der Waals surface area contributed by atoms with Crippen LogP contribution in [-0.4, -0.2) is 25.5 Å². The van der Waals surface area contributed by atoms with Crippen LogP contribution in [0.4, 0.5) is 4.39 Å². The zero-order chi connectivity index (χ0) is 12.7. The Morgan fingerprint density at radius 1 is 1.35 bits per heavy atom. The van der Waals surface area contributed by atoms with Gasteiger partial charge in [0.25, 0.3) is 0 Å². The van der Waals surface area contributed by atoms with Crippen LogP contribution in [0.5, 0.6) is 5.75 Å². The van der Waals surface area contributed by atoms with Crippen molar-refractivity contribution in [2.45, 2.75) is 0 Å². The van der Waals surface area contributed by atoms with Crippen molar-refractivity contribution < 1.29 is 14.2 Å². The van der Waals surface area contributed by atoms with Gasteiger partial charge < -0.3 is 9.84 Å². The molecular weight excluding hydrogens is 238 g/mol. The third-order valence-electron chi connectivity index (χ3n) is 2.31. The van der Waals surface area contributed by atoms with Crippen LogP contribution in [0.15, 0.2) is 36.2 Å². The number of hydrogen-bond acceptors (Lipinski definition) is 2. The summed E-state index contributed by atoms with van der Waals surface area (Å²) in [5, 5.41) is 7.00. The van der Waals surface area contributed by atoms with Gasteiger partial charge in [-0.3, -0.25) is 0 Å². The van der Waals surface area contributed by atoms with Crippen LogP contribution in [0.25, 0.3) is 5.57 Å². The minimum atomic E-state index is -0.308. The van der Waals surface area contributed by atoms with E-state index in [4.69, 9.17) is 9.84 Å². The summed E-state index contributed by atoms with van der Waals surface area (Å²) in [7, 11) is 3.32. The maximum Gasteiger partial charge on any atom is 0.165 e. The lowest BCUT2D eigenvalue weighted by Crippen LogP contribution is -1.91. The molecular formula is C13H16FO2P. The summed E-state index contributed by atoms with van der Waals surface area (Å²) in [6, 6.07) is 5.06. The summed E-state index contributed by atoms with van der Waals surface area (Å²) >= 11 is 0. The first-order valence-electron chi connectivity index (χ1n) is 5.20. The largest absolute Gasteiger partial charge is 0.494 e. The van der Waals surface area contributed by atoms with E-state index in [0.717, 1.165) is 33.0 Å². The molecule has 1 aliphatic rings. The maximum atomic E-state index is 13.4. The van der Waals surface area contributed by atoms with E-state index in [1.807, 2.05) is 12.1 Å². The fourth-order valence-electron chi connectivity index (χ4n) is 1.51. The summed E-state index contributed by atoms with van der Waals surface area (Å²) < 4.78 is 18.3. The molecule has 0 saturated carbocycles. The first-order valence-corrected chi connectivity index (χ1v) is 6.48. The molecule has 0 fully saturated rings. The fourth-order valence-corrected chi connectivity index (χ4v) is 2.28. The van der Waals surface area contributed by atoms with Gasteiger partial charge in [0.1, 0.15) is 0 Å². The minimum absolute atomic E-state index is 0.293. The van der Waals surface area contributed by atoms with Gasteiger partial charge in [-0.2, -0.15) is 0 Å². The quantitative estimate of drug-likeness (QED) is 0.822. The number of allylic oxidation sites excluding steroid dienone is 3. The predicted octanol–water partition coefficient (Wildman–Crippen LogP) is 3.03. The Morgan fingerprint density at radius 3 is 2.65 bits per heavy atom. The zero-order valence-electron chi connectivity index (χ0n) is 9.90. The highest BCUT2D eigenvalue weighted by molar-refractivity contribution is 7.42. The summed E-state index contributed by atoms with van der Waals surface area (Å²) in [6.07, 6.45) is 5.24. The molecule has 4 heteroatoms. The molecule has 0 bridgehead atoms. The molecule has 2 rings (SSSR count). The third kappa shape index (κ3) is 3.65. The van der Waals surface area contributed by atoms with Gasteiger partial charge in [-0.1, -0.05) is 32.6 Å². The van der Waals surface area contributed by atoms with E-state index < -0.39 is 0 Å². The summed E-state index contributed by atoms with van der Waals surface area (Å²) in [5.41, 5.74) is 2.00. The van der Waals surface area contributed by atoms with E-state index in [-0.39, 0.29) is 5.82 Å². The number of aliphatic hydroxyl groups excluding tert-OH is 1. The number of ether oxygens (including phenoxy) is 1. The van der Waals surface area contributed by atoms with Crippen molar-refractivity contribution in [1.29, 1.82) is 0 Å². The van der Waals surface area contributed by atoms with Gasteiger partial charge in [0.15, 0.2) is 11.6 Å². The predicted molar refractivity (Wildman–Crippen MR) is 71.4 cm³/mol. The minimum Gasteiger partial charge on any atom is -0.494 e. The summed E-state index contributed by atoms with van der Waals surface area (Å²) in [5.74, 6) is 2.12. The molecule has 0 spiro atoms. The normalized spacial score (nSPS) is 14.9. The fraction of sp³-hybridized carbons (Fsp3) is 0.231. The number of rotatable bonds is 2. The van der Waals surface area contributed by atoms with Crippen LogP contribution < -0.4 is 4.74 Å².